The zero-order valence-electron chi connectivity index (χ0n) is 15.3. The topological polar surface area (TPSA) is 24.1 Å². The largest absolute Gasteiger partial charge is 0.313 e. The average Bonchev–Trinajstić information content (AvgIpc) is 2.63. The van der Waals surface area contributed by atoms with Gasteiger partial charge in [0.1, 0.15) is 0 Å². The Balaban J connectivity index is 1.97. The van der Waals surface area contributed by atoms with Crippen LogP contribution in [-0.4, -0.2) is 13.1 Å². The molecular formula is C22H32N2. The second-order valence-corrected chi connectivity index (χ2v) is 6.46. The van der Waals surface area contributed by atoms with Gasteiger partial charge in [-0.15, -0.1) is 0 Å². The molecule has 0 spiro atoms. The summed E-state index contributed by atoms with van der Waals surface area (Å²) in [5.41, 5.74) is 5.32. The highest BCUT2D eigenvalue weighted by molar-refractivity contribution is 5.64. The molecule has 0 aliphatic heterocycles. The standard InChI is InChI=1S/C22H32N2/c1-3-5-13-23-17-19-9-7-11-21(15-19)22-12-8-10-20(16-22)18-24-14-6-4-2/h7-12,15-16,23-24H,3-6,13-14,17-18H2,1-2H3. The van der Waals surface area contributed by atoms with E-state index in [1.807, 2.05) is 0 Å². The first kappa shape index (κ1) is 18.7. The maximum absolute atomic E-state index is 3.52. The molecule has 2 aromatic carbocycles. The van der Waals surface area contributed by atoms with Gasteiger partial charge in [0.15, 0.2) is 0 Å². The monoisotopic (exact) mass is 324 g/mol. The van der Waals surface area contributed by atoms with Gasteiger partial charge >= 0.3 is 0 Å². The van der Waals surface area contributed by atoms with E-state index < -0.39 is 0 Å². The van der Waals surface area contributed by atoms with E-state index in [2.05, 4.69) is 73.0 Å². The van der Waals surface area contributed by atoms with Crippen molar-refractivity contribution in [3.63, 3.8) is 0 Å². The second kappa shape index (κ2) is 11.0. The molecular weight excluding hydrogens is 292 g/mol. The molecule has 0 radical (unpaired) electrons. The molecule has 0 aliphatic carbocycles. The first-order chi connectivity index (χ1) is 11.8. The minimum Gasteiger partial charge on any atom is -0.313 e. The first-order valence-corrected chi connectivity index (χ1v) is 9.43. The summed E-state index contributed by atoms with van der Waals surface area (Å²) in [4.78, 5) is 0. The SMILES string of the molecule is CCCCNCc1cccc(-c2cccc(CNCCCC)c2)c1. The molecule has 130 valence electrons. The average molecular weight is 325 g/mol. The summed E-state index contributed by atoms with van der Waals surface area (Å²) < 4.78 is 0. The molecule has 24 heavy (non-hydrogen) atoms. The van der Waals surface area contributed by atoms with Crippen molar-refractivity contribution in [2.45, 2.75) is 52.6 Å². The zero-order chi connectivity index (χ0) is 17.0. The summed E-state index contributed by atoms with van der Waals surface area (Å²) in [6.45, 7) is 8.55. The third-order valence-corrected chi connectivity index (χ3v) is 4.26. The Morgan fingerprint density at radius 2 is 1.12 bits per heavy atom. The summed E-state index contributed by atoms with van der Waals surface area (Å²) in [7, 11) is 0. The van der Waals surface area contributed by atoms with Crippen molar-refractivity contribution in [1.82, 2.24) is 10.6 Å². The van der Waals surface area contributed by atoms with Crippen LogP contribution in [0.25, 0.3) is 11.1 Å². The van der Waals surface area contributed by atoms with Crippen molar-refractivity contribution in [2.75, 3.05) is 13.1 Å². The van der Waals surface area contributed by atoms with Gasteiger partial charge in [0.2, 0.25) is 0 Å². The van der Waals surface area contributed by atoms with Crippen LogP contribution < -0.4 is 10.6 Å². The molecule has 0 saturated carbocycles. The smallest absolute Gasteiger partial charge is 0.0205 e. The summed E-state index contributed by atoms with van der Waals surface area (Å²) >= 11 is 0. The Morgan fingerprint density at radius 1 is 0.667 bits per heavy atom. The maximum Gasteiger partial charge on any atom is 0.0205 e. The van der Waals surface area contributed by atoms with Crippen LogP contribution in [0.3, 0.4) is 0 Å². The Bertz CT molecular complexity index is 539. The van der Waals surface area contributed by atoms with E-state index in [0.29, 0.717) is 0 Å². The van der Waals surface area contributed by atoms with E-state index in [1.54, 1.807) is 0 Å². The van der Waals surface area contributed by atoms with Crippen LogP contribution in [-0.2, 0) is 13.1 Å². The van der Waals surface area contributed by atoms with E-state index >= 15 is 0 Å². The molecule has 2 N–H and O–H groups in total. The van der Waals surface area contributed by atoms with E-state index in [9.17, 15) is 0 Å². The molecule has 2 heteroatoms. The zero-order valence-corrected chi connectivity index (χ0v) is 15.3. The molecule has 0 unspecified atom stereocenters. The lowest BCUT2D eigenvalue weighted by atomic mass is 10.0. The Labute approximate surface area is 147 Å². The van der Waals surface area contributed by atoms with Gasteiger partial charge in [-0.1, -0.05) is 63.1 Å². The number of nitrogens with one attached hydrogen (secondary N) is 2. The van der Waals surface area contributed by atoms with Crippen molar-refractivity contribution < 1.29 is 0 Å². The van der Waals surface area contributed by atoms with E-state index in [1.165, 1.54) is 47.9 Å². The van der Waals surface area contributed by atoms with Crippen molar-refractivity contribution >= 4 is 0 Å². The van der Waals surface area contributed by atoms with Gasteiger partial charge in [-0.25, -0.2) is 0 Å². The molecule has 0 fully saturated rings. The third kappa shape index (κ3) is 6.46. The van der Waals surface area contributed by atoms with Crippen LogP contribution >= 0.6 is 0 Å². The normalized spacial score (nSPS) is 10.9. The van der Waals surface area contributed by atoms with Crippen molar-refractivity contribution in [1.29, 1.82) is 0 Å². The number of unbranched alkanes of at least 4 members (excludes halogenated alkanes) is 2. The van der Waals surface area contributed by atoms with E-state index in [0.717, 1.165) is 26.2 Å². The van der Waals surface area contributed by atoms with Gasteiger partial charge in [0.25, 0.3) is 0 Å². The summed E-state index contributed by atoms with van der Waals surface area (Å²) in [6, 6.07) is 17.8. The van der Waals surface area contributed by atoms with Crippen molar-refractivity contribution in [2.24, 2.45) is 0 Å². The van der Waals surface area contributed by atoms with Crippen LogP contribution in [0.2, 0.25) is 0 Å². The van der Waals surface area contributed by atoms with E-state index in [-0.39, 0.29) is 0 Å². The molecule has 0 bridgehead atoms. The van der Waals surface area contributed by atoms with Crippen LogP contribution in [0, 0.1) is 0 Å². The Hall–Kier alpha value is -1.64. The molecule has 2 aromatic rings. The van der Waals surface area contributed by atoms with Gasteiger partial charge in [0, 0.05) is 13.1 Å². The lowest BCUT2D eigenvalue weighted by Crippen LogP contribution is -2.14. The van der Waals surface area contributed by atoms with Crippen LogP contribution in [0.15, 0.2) is 48.5 Å². The lowest BCUT2D eigenvalue weighted by Gasteiger charge is -2.09. The second-order valence-electron chi connectivity index (χ2n) is 6.46. The van der Waals surface area contributed by atoms with E-state index in [4.69, 9.17) is 0 Å². The summed E-state index contributed by atoms with van der Waals surface area (Å²) in [6.07, 6.45) is 4.97. The van der Waals surface area contributed by atoms with Gasteiger partial charge < -0.3 is 10.6 Å². The molecule has 0 heterocycles. The number of hydrogen-bond donors (Lipinski definition) is 2. The predicted molar refractivity (Wildman–Crippen MR) is 105 cm³/mol. The predicted octanol–water partition coefficient (Wildman–Crippen LogP) is 5.13. The quantitative estimate of drug-likeness (QED) is 0.560. The van der Waals surface area contributed by atoms with Crippen molar-refractivity contribution in [3.05, 3.63) is 59.7 Å². The summed E-state index contributed by atoms with van der Waals surface area (Å²) in [5.74, 6) is 0. The minimum atomic E-state index is 0.951. The first-order valence-electron chi connectivity index (χ1n) is 9.43. The van der Waals surface area contributed by atoms with Gasteiger partial charge in [0.05, 0.1) is 0 Å². The number of benzene rings is 2. The Morgan fingerprint density at radius 3 is 1.54 bits per heavy atom. The number of rotatable bonds is 11. The fraction of sp³-hybridized carbons (Fsp3) is 0.455. The van der Waals surface area contributed by atoms with Crippen LogP contribution in [0.1, 0.15) is 50.7 Å². The van der Waals surface area contributed by atoms with Gasteiger partial charge in [-0.3, -0.25) is 0 Å². The molecule has 0 aromatic heterocycles. The van der Waals surface area contributed by atoms with Crippen molar-refractivity contribution in [3.8, 4) is 11.1 Å². The fourth-order valence-electron chi connectivity index (χ4n) is 2.79. The molecule has 0 atom stereocenters. The van der Waals surface area contributed by atoms with Crippen LogP contribution in [0.4, 0.5) is 0 Å². The third-order valence-electron chi connectivity index (χ3n) is 4.26. The maximum atomic E-state index is 3.52. The van der Waals surface area contributed by atoms with Crippen LogP contribution in [0.5, 0.6) is 0 Å². The highest BCUT2D eigenvalue weighted by Gasteiger charge is 2.01. The highest BCUT2D eigenvalue weighted by Crippen LogP contribution is 2.21. The fourth-order valence-corrected chi connectivity index (χ4v) is 2.79. The highest BCUT2D eigenvalue weighted by atomic mass is 14.8. The minimum absolute atomic E-state index is 0.951. The molecule has 2 nitrogen and oxygen atoms in total. The summed E-state index contributed by atoms with van der Waals surface area (Å²) in [5, 5.41) is 7.05. The molecule has 0 saturated heterocycles. The number of hydrogen-bond acceptors (Lipinski definition) is 2. The van der Waals surface area contributed by atoms with Gasteiger partial charge in [-0.05, 0) is 60.3 Å². The lowest BCUT2D eigenvalue weighted by molar-refractivity contribution is 0.641. The molecule has 0 amide bonds. The molecule has 2 rings (SSSR count). The Kier molecular flexibility index (Phi) is 8.58. The molecule has 0 aliphatic rings. The van der Waals surface area contributed by atoms with Gasteiger partial charge in [-0.2, -0.15) is 0 Å².